The van der Waals surface area contributed by atoms with Gasteiger partial charge >= 0.3 is 0 Å². The van der Waals surface area contributed by atoms with Crippen molar-refractivity contribution in [3.05, 3.63) is 76.2 Å². The third-order valence-corrected chi connectivity index (χ3v) is 5.61. The van der Waals surface area contributed by atoms with Crippen molar-refractivity contribution >= 4 is 33.4 Å². The van der Waals surface area contributed by atoms with Gasteiger partial charge in [-0.1, -0.05) is 24.3 Å². The first kappa shape index (κ1) is 16.8. The van der Waals surface area contributed by atoms with Crippen LogP contribution in [0.4, 0.5) is 5.69 Å². The second kappa shape index (κ2) is 6.68. The first-order valence-electron chi connectivity index (χ1n) is 9.70. The number of rotatable bonds is 3. The van der Waals surface area contributed by atoms with Crippen LogP contribution in [0.2, 0.25) is 0 Å². The number of pyridine rings is 1. The summed E-state index contributed by atoms with van der Waals surface area (Å²) < 4.78 is 1.93. The molecule has 0 spiro atoms. The minimum atomic E-state index is -0.0963. The molecule has 2 N–H and O–H groups in total. The van der Waals surface area contributed by atoms with Gasteiger partial charge in [-0.25, -0.2) is 0 Å². The molecule has 1 aliphatic rings. The molecule has 1 amide bonds. The summed E-state index contributed by atoms with van der Waals surface area (Å²) in [6, 6.07) is 15.8. The van der Waals surface area contributed by atoms with Crippen LogP contribution < -0.4 is 10.9 Å². The van der Waals surface area contributed by atoms with Crippen LogP contribution in [0.3, 0.4) is 0 Å². The van der Waals surface area contributed by atoms with E-state index in [0.29, 0.717) is 5.69 Å². The van der Waals surface area contributed by atoms with Crippen molar-refractivity contribution in [1.29, 1.82) is 0 Å². The monoisotopic (exact) mass is 371 g/mol. The lowest BCUT2D eigenvalue weighted by Crippen LogP contribution is -2.20. The second-order valence-corrected chi connectivity index (χ2v) is 7.43. The van der Waals surface area contributed by atoms with Crippen LogP contribution in [0.5, 0.6) is 0 Å². The number of fused-ring (bicyclic) bond motifs is 4. The maximum Gasteiger partial charge on any atom is 0.251 e. The Labute approximate surface area is 162 Å². The third-order valence-electron chi connectivity index (χ3n) is 5.61. The molecule has 0 saturated heterocycles. The van der Waals surface area contributed by atoms with Gasteiger partial charge in [0.25, 0.3) is 5.56 Å². The van der Waals surface area contributed by atoms with Gasteiger partial charge in [-0.3, -0.25) is 9.59 Å². The minimum absolute atomic E-state index is 0.00416. The Kier molecular flexibility index (Phi) is 4.01. The summed E-state index contributed by atoms with van der Waals surface area (Å²) in [4.78, 5) is 27.9. The van der Waals surface area contributed by atoms with E-state index in [9.17, 15) is 9.59 Å². The number of para-hydroxylation sites is 1. The number of aromatic amines is 1. The topological polar surface area (TPSA) is 66.9 Å². The van der Waals surface area contributed by atoms with Gasteiger partial charge in [0.05, 0.1) is 5.52 Å². The molecule has 2 heterocycles. The average Bonchev–Trinajstić information content (AvgIpc) is 3.11. The van der Waals surface area contributed by atoms with Crippen molar-refractivity contribution in [3.8, 4) is 0 Å². The second-order valence-electron chi connectivity index (χ2n) is 7.43. The number of benzene rings is 2. The zero-order valence-corrected chi connectivity index (χ0v) is 15.5. The molecule has 140 valence electrons. The van der Waals surface area contributed by atoms with E-state index < -0.39 is 0 Å². The highest BCUT2D eigenvalue weighted by Crippen LogP contribution is 2.27. The van der Waals surface area contributed by atoms with Gasteiger partial charge in [0.15, 0.2) is 0 Å². The zero-order chi connectivity index (χ0) is 19.1. The molecular formula is C23H21N3O2. The predicted molar refractivity (Wildman–Crippen MR) is 112 cm³/mol. The number of anilines is 1. The summed E-state index contributed by atoms with van der Waals surface area (Å²) in [7, 11) is 0. The van der Waals surface area contributed by atoms with Gasteiger partial charge in [-0.05, 0) is 60.9 Å². The molecule has 0 bridgehead atoms. The molecule has 0 fully saturated rings. The molecule has 2 aromatic heterocycles. The standard InChI is InChI=1S/C23H21N3O2/c27-22(14-26-12-11-15-5-1-4-8-21(15)26)24-16-9-10-18-17-6-2-3-7-19(17)23(28)25-20(18)13-16/h1,4-5,8-13H,2-3,6-7,14H2,(H,24,27)(H,25,28). The van der Waals surface area contributed by atoms with Gasteiger partial charge in [-0.15, -0.1) is 0 Å². The molecule has 0 radical (unpaired) electrons. The van der Waals surface area contributed by atoms with Crippen LogP contribution in [0.25, 0.3) is 21.8 Å². The smallest absolute Gasteiger partial charge is 0.251 e. The lowest BCUT2D eigenvalue weighted by molar-refractivity contribution is -0.116. The fraction of sp³-hybridized carbons (Fsp3) is 0.217. The maximum atomic E-state index is 12.6. The summed E-state index contributed by atoms with van der Waals surface area (Å²) in [5.74, 6) is -0.0963. The van der Waals surface area contributed by atoms with Crippen LogP contribution >= 0.6 is 0 Å². The minimum Gasteiger partial charge on any atom is -0.338 e. The van der Waals surface area contributed by atoms with E-state index in [-0.39, 0.29) is 18.0 Å². The Morgan fingerprint density at radius 3 is 2.75 bits per heavy atom. The van der Waals surface area contributed by atoms with Gasteiger partial charge in [-0.2, -0.15) is 0 Å². The fourth-order valence-electron chi connectivity index (χ4n) is 4.27. The van der Waals surface area contributed by atoms with Gasteiger partial charge in [0, 0.05) is 28.4 Å². The SMILES string of the molecule is O=C(Cn1ccc2ccccc21)Nc1ccc2c3c(c(=O)[nH]c2c1)CCCC3. The fourth-order valence-corrected chi connectivity index (χ4v) is 4.27. The Morgan fingerprint density at radius 1 is 1.04 bits per heavy atom. The predicted octanol–water partition coefficient (Wildman–Crippen LogP) is 4.00. The Bertz CT molecular complexity index is 1270. The molecule has 2 aromatic carbocycles. The van der Waals surface area contributed by atoms with E-state index in [4.69, 9.17) is 0 Å². The molecule has 0 saturated carbocycles. The Hall–Kier alpha value is -3.34. The van der Waals surface area contributed by atoms with Crippen molar-refractivity contribution < 1.29 is 4.79 Å². The molecule has 4 aromatic rings. The van der Waals surface area contributed by atoms with Crippen LogP contribution in [0, 0.1) is 0 Å². The number of nitrogens with zero attached hydrogens (tertiary/aromatic N) is 1. The van der Waals surface area contributed by atoms with E-state index in [1.165, 1.54) is 5.56 Å². The van der Waals surface area contributed by atoms with Crippen molar-refractivity contribution in [2.45, 2.75) is 32.2 Å². The molecule has 0 unspecified atom stereocenters. The van der Waals surface area contributed by atoms with Crippen molar-refractivity contribution in [2.75, 3.05) is 5.32 Å². The summed E-state index contributed by atoms with van der Waals surface area (Å²) in [6.07, 6.45) is 5.92. The molecule has 28 heavy (non-hydrogen) atoms. The lowest BCUT2D eigenvalue weighted by Gasteiger charge is -2.17. The molecule has 1 aliphatic carbocycles. The maximum absolute atomic E-state index is 12.6. The molecular weight excluding hydrogens is 350 g/mol. The molecule has 0 aliphatic heterocycles. The van der Waals surface area contributed by atoms with E-state index in [2.05, 4.69) is 10.3 Å². The summed E-state index contributed by atoms with van der Waals surface area (Å²) in [5.41, 5.74) is 4.61. The highest BCUT2D eigenvalue weighted by Gasteiger charge is 2.16. The summed E-state index contributed by atoms with van der Waals surface area (Å²) in [6.45, 7) is 0.242. The molecule has 5 rings (SSSR count). The number of amides is 1. The summed E-state index contributed by atoms with van der Waals surface area (Å²) in [5, 5.41) is 5.16. The van der Waals surface area contributed by atoms with E-state index in [0.717, 1.165) is 53.1 Å². The summed E-state index contributed by atoms with van der Waals surface area (Å²) >= 11 is 0. The highest BCUT2D eigenvalue weighted by molar-refractivity contribution is 5.95. The highest BCUT2D eigenvalue weighted by atomic mass is 16.2. The van der Waals surface area contributed by atoms with Crippen LogP contribution in [-0.4, -0.2) is 15.5 Å². The van der Waals surface area contributed by atoms with Crippen molar-refractivity contribution in [2.24, 2.45) is 0 Å². The molecule has 0 atom stereocenters. The van der Waals surface area contributed by atoms with Gasteiger partial charge in [0.2, 0.25) is 5.91 Å². The Balaban J connectivity index is 1.42. The van der Waals surface area contributed by atoms with Gasteiger partial charge in [0.1, 0.15) is 6.54 Å². The average molecular weight is 371 g/mol. The third kappa shape index (κ3) is 2.89. The van der Waals surface area contributed by atoms with Crippen LogP contribution in [-0.2, 0) is 24.2 Å². The van der Waals surface area contributed by atoms with Crippen molar-refractivity contribution in [3.63, 3.8) is 0 Å². The van der Waals surface area contributed by atoms with Crippen LogP contribution in [0.1, 0.15) is 24.0 Å². The van der Waals surface area contributed by atoms with E-state index >= 15 is 0 Å². The number of carbonyl (C=O) groups excluding carboxylic acids is 1. The number of aromatic nitrogens is 2. The quantitative estimate of drug-likeness (QED) is 0.572. The normalized spacial score (nSPS) is 13.6. The number of H-pyrrole nitrogens is 1. The first-order chi connectivity index (χ1) is 13.7. The van der Waals surface area contributed by atoms with E-state index in [1.54, 1.807) is 0 Å². The number of hydrogen-bond acceptors (Lipinski definition) is 2. The number of hydrogen-bond donors (Lipinski definition) is 2. The van der Waals surface area contributed by atoms with E-state index in [1.807, 2.05) is 59.3 Å². The largest absolute Gasteiger partial charge is 0.338 e. The number of nitrogens with one attached hydrogen (secondary N) is 2. The lowest BCUT2D eigenvalue weighted by atomic mass is 9.90. The number of aryl methyl sites for hydroxylation is 1. The molecule has 5 nitrogen and oxygen atoms in total. The van der Waals surface area contributed by atoms with Crippen LogP contribution in [0.15, 0.2) is 59.5 Å². The van der Waals surface area contributed by atoms with Gasteiger partial charge < -0.3 is 14.9 Å². The Morgan fingerprint density at radius 2 is 1.86 bits per heavy atom. The zero-order valence-electron chi connectivity index (χ0n) is 15.5. The number of carbonyl (C=O) groups is 1. The molecule has 5 heteroatoms. The first-order valence-corrected chi connectivity index (χ1v) is 9.70. The van der Waals surface area contributed by atoms with Crippen molar-refractivity contribution in [1.82, 2.24) is 9.55 Å².